The molecule has 0 aliphatic heterocycles. The summed E-state index contributed by atoms with van der Waals surface area (Å²) < 4.78 is 0. The van der Waals surface area contributed by atoms with Gasteiger partial charge in [-0.15, -0.1) is 0 Å². The first-order valence-corrected chi connectivity index (χ1v) is 8.61. The van der Waals surface area contributed by atoms with Crippen molar-refractivity contribution in [2.75, 3.05) is 30.3 Å². The summed E-state index contributed by atoms with van der Waals surface area (Å²) >= 11 is 0. The van der Waals surface area contributed by atoms with Crippen LogP contribution in [0.15, 0.2) is 30.4 Å². The summed E-state index contributed by atoms with van der Waals surface area (Å²) in [5.74, 6) is -1.44. The fourth-order valence-electron chi connectivity index (χ4n) is 2.13. The lowest BCUT2D eigenvalue weighted by Gasteiger charge is -2.10. The van der Waals surface area contributed by atoms with E-state index in [4.69, 9.17) is 5.73 Å². The maximum atomic E-state index is 12.3. The van der Waals surface area contributed by atoms with Crippen molar-refractivity contribution < 1.29 is 24.0 Å². The van der Waals surface area contributed by atoms with Crippen LogP contribution in [0.1, 0.15) is 24.2 Å². The Hall–Kier alpha value is -3.89. The first-order chi connectivity index (χ1) is 13.7. The van der Waals surface area contributed by atoms with Crippen LogP contribution >= 0.6 is 0 Å². The van der Waals surface area contributed by atoms with E-state index in [1.807, 2.05) is 0 Å². The average molecular weight is 404 g/mol. The topological polar surface area (TPSA) is 172 Å². The number of nitrogens with one attached hydrogen (secondary N) is 5. The normalized spacial score (nSPS) is 10.1. The van der Waals surface area contributed by atoms with Crippen LogP contribution in [0.2, 0.25) is 0 Å². The lowest BCUT2D eigenvalue weighted by molar-refractivity contribution is -0.120. The van der Waals surface area contributed by atoms with Crippen molar-refractivity contribution in [3.05, 3.63) is 35.9 Å². The molecule has 0 unspecified atom stereocenters. The third-order valence-electron chi connectivity index (χ3n) is 3.22. The fraction of sp³-hybridized carbons (Fsp3) is 0.278. The van der Waals surface area contributed by atoms with Crippen LogP contribution in [0, 0.1) is 0 Å². The quantitative estimate of drug-likeness (QED) is 0.309. The molecule has 29 heavy (non-hydrogen) atoms. The molecule has 156 valence electrons. The van der Waals surface area contributed by atoms with E-state index in [-0.39, 0.29) is 37.0 Å². The summed E-state index contributed by atoms with van der Waals surface area (Å²) in [5.41, 5.74) is 5.85. The lowest BCUT2D eigenvalue weighted by atomic mass is 10.1. The van der Waals surface area contributed by atoms with Gasteiger partial charge in [0.1, 0.15) is 0 Å². The van der Waals surface area contributed by atoms with Crippen molar-refractivity contribution in [1.82, 2.24) is 16.0 Å². The minimum atomic E-state index is -0.789. The molecular weight excluding hydrogens is 380 g/mol. The molecule has 11 heteroatoms. The van der Waals surface area contributed by atoms with Gasteiger partial charge in [-0.1, -0.05) is 12.2 Å². The van der Waals surface area contributed by atoms with E-state index >= 15 is 0 Å². The third-order valence-corrected chi connectivity index (χ3v) is 3.22. The largest absolute Gasteiger partial charge is 0.352 e. The van der Waals surface area contributed by atoms with E-state index in [2.05, 4.69) is 26.6 Å². The van der Waals surface area contributed by atoms with E-state index in [1.165, 1.54) is 32.0 Å². The molecule has 0 atom stereocenters. The molecule has 0 spiro atoms. The molecule has 0 heterocycles. The van der Waals surface area contributed by atoms with Gasteiger partial charge >= 0.3 is 6.03 Å². The highest BCUT2D eigenvalue weighted by Crippen LogP contribution is 2.19. The fourth-order valence-corrected chi connectivity index (χ4v) is 2.13. The molecule has 0 aromatic heterocycles. The van der Waals surface area contributed by atoms with Crippen molar-refractivity contribution in [2.24, 2.45) is 5.73 Å². The Bertz CT molecular complexity index is 787. The first kappa shape index (κ1) is 23.1. The van der Waals surface area contributed by atoms with E-state index in [9.17, 15) is 24.0 Å². The summed E-state index contributed by atoms with van der Waals surface area (Å²) in [6.45, 7) is 2.84. The molecular formula is C18H24N6O5. The van der Waals surface area contributed by atoms with Gasteiger partial charge in [0.05, 0.1) is 6.54 Å². The number of amides is 6. The number of hydrogen-bond acceptors (Lipinski definition) is 5. The highest BCUT2D eigenvalue weighted by atomic mass is 16.2. The van der Waals surface area contributed by atoms with Crippen molar-refractivity contribution in [3.8, 4) is 0 Å². The second-order valence-electron chi connectivity index (χ2n) is 5.86. The average Bonchev–Trinajstić information content (AvgIpc) is 2.61. The van der Waals surface area contributed by atoms with Gasteiger partial charge in [-0.3, -0.25) is 19.2 Å². The van der Waals surface area contributed by atoms with Gasteiger partial charge in [0.2, 0.25) is 17.7 Å². The van der Waals surface area contributed by atoms with E-state index in [0.29, 0.717) is 11.4 Å². The summed E-state index contributed by atoms with van der Waals surface area (Å²) in [4.78, 5) is 56.7. The van der Waals surface area contributed by atoms with Gasteiger partial charge < -0.3 is 32.3 Å². The summed E-state index contributed by atoms with van der Waals surface area (Å²) in [7, 11) is 0. The van der Waals surface area contributed by atoms with Crippen LogP contribution in [-0.4, -0.2) is 49.3 Å². The Morgan fingerprint density at radius 2 is 1.34 bits per heavy atom. The number of urea groups is 1. The zero-order valence-corrected chi connectivity index (χ0v) is 16.1. The summed E-state index contributed by atoms with van der Waals surface area (Å²) in [5, 5.41) is 12.5. The second-order valence-corrected chi connectivity index (χ2v) is 5.86. The number of anilines is 2. The first-order valence-electron chi connectivity index (χ1n) is 8.61. The number of benzene rings is 1. The lowest BCUT2D eigenvalue weighted by Crippen LogP contribution is -2.39. The number of primary amides is 1. The van der Waals surface area contributed by atoms with Crippen LogP contribution in [0.4, 0.5) is 16.2 Å². The van der Waals surface area contributed by atoms with E-state index in [0.717, 1.165) is 0 Å². The number of carbonyl (C=O) groups excluding carboxylic acids is 5. The molecule has 11 nitrogen and oxygen atoms in total. The van der Waals surface area contributed by atoms with Crippen molar-refractivity contribution in [1.29, 1.82) is 0 Å². The van der Waals surface area contributed by atoms with Gasteiger partial charge in [-0.25, -0.2) is 4.79 Å². The SMILES string of the molecule is CC(=O)Nc1cc(NC(C)=O)cc(C(=O)NC/C=C/CNC(=O)CNC(N)=O)c1. The summed E-state index contributed by atoms with van der Waals surface area (Å²) in [6.07, 6.45) is 3.25. The number of rotatable bonds is 9. The van der Waals surface area contributed by atoms with Crippen molar-refractivity contribution in [2.45, 2.75) is 13.8 Å². The van der Waals surface area contributed by atoms with E-state index in [1.54, 1.807) is 12.2 Å². The molecule has 1 rings (SSSR count). The van der Waals surface area contributed by atoms with Gasteiger partial charge in [0, 0.05) is 43.9 Å². The minimum Gasteiger partial charge on any atom is -0.352 e. The predicted octanol–water partition coefficient (Wildman–Crippen LogP) is -0.326. The maximum Gasteiger partial charge on any atom is 0.312 e. The Labute approximate surface area is 167 Å². The Kier molecular flexibility index (Phi) is 9.38. The third kappa shape index (κ3) is 10.1. The van der Waals surface area contributed by atoms with Gasteiger partial charge in [-0.05, 0) is 18.2 Å². The Balaban J connectivity index is 2.58. The zero-order chi connectivity index (χ0) is 21.8. The number of hydrogen-bond donors (Lipinski definition) is 6. The molecule has 0 saturated heterocycles. The number of carbonyl (C=O) groups is 5. The molecule has 0 aliphatic carbocycles. The molecule has 0 bridgehead atoms. The van der Waals surface area contributed by atoms with Crippen LogP contribution in [0.5, 0.6) is 0 Å². The van der Waals surface area contributed by atoms with Crippen LogP contribution in [0.3, 0.4) is 0 Å². The van der Waals surface area contributed by atoms with Crippen molar-refractivity contribution >= 4 is 41.0 Å². The molecule has 1 aromatic carbocycles. The van der Waals surface area contributed by atoms with Gasteiger partial charge in [0.25, 0.3) is 5.91 Å². The van der Waals surface area contributed by atoms with Crippen molar-refractivity contribution in [3.63, 3.8) is 0 Å². The molecule has 0 aliphatic rings. The standard InChI is InChI=1S/C18H24N6O5/c1-11(25)23-14-7-13(8-15(9-14)24-12(2)26)17(28)21-6-4-3-5-20-16(27)10-22-18(19)29/h3-4,7-9H,5-6,10H2,1-2H3,(H,20,27)(H,21,28)(H,23,25)(H,24,26)(H3,19,22,29)/b4-3+. The Morgan fingerprint density at radius 1 is 0.828 bits per heavy atom. The molecule has 0 radical (unpaired) electrons. The monoisotopic (exact) mass is 404 g/mol. The molecule has 0 saturated carbocycles. The van der Waals surface area contributed by atoms with E-state index < -0.39 is 17.8 Å². The minimum absolute atomic E-state index is 0.189. The zero-order valence-electron chi connectivity index (χ0n) is 16.1. The maximum absolute atomic E-state index is 12.3. The second kappa shape index (κ2) is 11.7. The molecule has 0 fully saturated rings. The smallest absolute Gasteiger partial charge is 0.312 e. The molecule has 6 amide bonds. The van der Waals surface area contributed by atoms with Crippen LogP contribution in [-0.2, 0) is 14.4 Å². The summed E-state index contributed by atoms with van der Waals surface area (Å²) in [6, 6.07) is 3.72. The molecule has 7 N–H and O–H groups in total. The molecule has 1 aromatic rings. The Morgan fingerprint density at radius 3 is 1.83 bits per heavy atom. The highest BCUT2D eigenvalue weighted by molar-refractivity contribution is 6.00. The number of nitrogens with two attached hydrogens (primary N) is 1. The van der Waals surface area contributed by atoms with Crippen LogP contribution in [0.25, 0.3) is 0 Å². The van der Waals surface area contributed by atoms with Gasteiger partial charge in [0.15, 0.2) is 0 Å². The predicted molar refractivity (Wildman–Crippen MR) is 107 cm³/mol. The highest BCUT2D eigenvalue weighted by Gasteiger charge is 2.10. The van der Waals surface area contributed by atoms with Gasteiger partial charge in [-0.2, -0.15) is 0 Å². The van der Waals surface area contributed by atoms with Crippen LogP contribution < -0.4 is 32.3 Å².